The number of aromatic nitrogens is 1. The highest BCUT2D eigenvalue weighted by molar-refractivity contribution is 6.29. The van der Waals surface area contributed by atoms with Crippen LogP contribution in [0, 0.1) is 0 Å². The van der Waals surface area contributed by atoms with E-state index >= 15 is 0 Å². The van der Waals surface area contributed by atoms with Gasteiger partial charge in [0.05, 0.1) is 0 Å². The Morgan fingerprint density at radius 2 is 1.74 bits per heavy atom. The Morgan fingerprint density at radius 3 is 2.59 bits per heavy atom. The van der Waals surface area contributed by atoms with Crippen LogP contribution in [0.3, 0.4) is 0 Å². The summed E-state index contributed by atoms with van der Waals surface area (Å²) < 4.78 is 23.1. The highest BCUT2D eigenvalue weighted by Crippen LogP contribution is 2.31. The summed E-state index contributed by atoms with van der Waals surface area (Å²) in [5, 5.41) is 0.307. The number of ether oxygens (including phenoxy) is 4. The molecule has 0 radical (unpaired) electrons. The Balaban J connectivity index is 1.36. The number of nitrogens with zero attached hydrogens (tertiary/aromatic N) is 1. The van der Waals surface area contributed by atoms with E-state index in [1.165, 1.54) is 0 Å². The van der Waals surface area contributed by atoms with Gasteiger partial charge in [0, 0.05) is 12.1 Å². The molecule has 1 aromatic heterocycles. The van der Waals surface area contributed by atoms with Crippen LogP contribution in [0.1, 0.15) is 5.56 Å². The molecule has 1 atom stereocenters. The molecule has 138 valence electrons. The summed E-state index contributed by atoms with van der Waals surface area (Å²) in [6.07, 6.45) is -0.227. The molecule has 0 amide bonds. The molecule has 6 heteroatoms. The van der Waals surface area contributed by atoms with Crippen LogP contribution in [0.15, 0.2) is 66.7 Å². The third-order valence-electron chi connectivity index (χ3n) is 3.98. The predicted octanol–water partition coefficient (Wildman–Crippen LogP) is 4.53. The molecule has 0 fully saturated rings. The van der Waals surface area contributed by atoms with Crippen LogP contribution < -0.4 is 18.9 Å². The molecule has 1 aliphatic heterocycles. The molecule has 0 aliphatic carbocycles. The molecule has 0 spiro atoms. The zero-order valence-electron chi connectivity index (χ0n) is 14.5. The van der Waals surface area contributed by atoms with E-state index < -0.39 is 0 Å². The van der Waals surface area contributed by atoms with Gasteiger partial charge in [0.2, 0.25) is 5.88 Å². The summed E-state index contributed by atoms with van der Waals surface area (Å²) in [5.41, 5.74) is 1.07. The van der Waals surface area contributed by atoms with E-state index in [0.29, 0.717) is 42.4 Å². The largest absolute Gasteiger partial charge is 0.489 e. The minimum absolute atomic E-state index is 0.227. The predicted molar refractivity (Wildman–Crippen MR) is 102 cm³/mol. The molecule has 1 aliphatic rings. The summed E-state index contributed by atoms with van der Waals surface area (Å²) in [6.45, 7) is 1.14. The van der Waals surface area contributed by atoms with Crippen molar-refractivity contribution >= 4 is 11.6 Å². The molecule has 0 saturated heterocycles. The van der Waals surface area contributed by atoms with Crippen molar-refractivity contribution in [3.8, 4) is 23.1 Å². The molecule has 4 rings (SSSR count). The average molecular weight is 384 g/mol. The van der Waals surface area contributed by atoms with E-state index in [0.717, 1.165) is 11.3 Å². The van der Waals surface area contributed by atoms with Gasteiger partial charge in [-0.15, -0.1) is 0 Å². The molecular formula is C21H18ClNO4. The van der Waals surface area contributed by atoms with Crippen LogP contribution in [-0.2, 0) is 6.61 Å². The number of halogens is 1. The topological polar surface area (TPSA) is 49.8 Å². The number of fused-ring (bicyclic) bond motifs is 1. The molecule has 3 aromatic rings. The van der Waals surface area contributed by atoms with E-state index in [-0.39, 0.29) is 6.10 Å². The maximum atomic E-state index is 6.09. The minimum Gasteiger partial charge on any atom is -0.489 e. The van der Waals surface area contributed by atoms with E-state index in [1.54, 1.807) is 12.1 Å². The lowest BCUT2D eigenvalue weighted by Crippen LogP contribution is -2.34. The number of hydrogen-bond donors (Lipinski definition) is 0. The van der Waals surface area contributed by atoms with Crippen molar-refractivity contribution in [3.63, 3.8) is 0 Å². The summed E-state index contributed by atoms with van der Waals surface area (Å²) in [6, 6.07) is 20.8. The maximum Gasteiger partial charge on any atom is 0.218 e. The number of pyridine rings is 1. The van der Waals surface area contributed by atoms with Crippen molar-refractivity contribution in [3.05, 3.63) is 77.4 Å². The van der Waals surface area contributed by atoms with E-state index in [1.807, 2.05) is 54.6 Å². The lowest BCUT2D eigenvalue weighted by Gasteiger charge is -2.26. The fraction of sp³-hybridized carbons (Fsp3) is 0.190. The monoisotopic (exact) mass is 383 g/mol. The first-order valence-electron chi connectivity index (χ1n) is 8.62. The number of para-hydroxylation sites is 2. The van der Waals surface area contributed by atoms with Gasteiger partial charge in [-0.1, -0.05) is 54.1 Å². The average Bonchev–Trinajstić information content (AvgIpc) is 2.71. The fourth-order valence-corrected chi connectivity index (χ4v) is 2.86. The van der Waals surface area contributed by atoms with Crippen molar-refractivity contribution in [2.75, 3.05) is 13.2 Å². The summed E-state index contributed by atoms with van der Waals surface area (Å²) in [5.74, 6) is 2.43. The SMILES string of the molecule is Clc1cc(OCc2ccccc2)cc(OCC2COc3ccccc3O2)n1. The minimum atomic E-state index is -0.227. The van der Waals surface area contributed by atoms with Gasteiger partial charge in [-0.25, -0.2) is 4.98 Å². The first-order chi connectivity index (χ1) is 13.3. The van der Waals surface area contributed by atoms with Crippen LogP contribution >= 0.6 is 11.6 Å². The third kappa shape index (κ3) is 4.63. The summed E-state index contributed by atoms with van der Waals surface area (Å²) in [4.78, 5) is 4.18. The smallest absolute Gasteiger partial charge is 0.218 e. The van der Waals surface area contributed by atoms with Gasteiger partial charge in [0.25, 0.3) is 0 Å². The fourth-order valence-electron chi connectivity index (χ4n) is 2.67. The second-order valence-electron chi connectivity index (χ2n) is 6.05. The maximum absolute atomic E-state index is 6.09. The van der Waals surface area contributed by atoms with Gasteiger partial charge in [0.15, 0.2) is 17.6 Å². The second kappa shape index (κ2) is 8.18. The Hall–Kier alpha value is -2.92. The second-order valence-corrected chi connectivity index (χ2v) is 6.43. The quantitative estimate of drug-likeness (QED) is 0.585. The van der Waals surface area contributed by atoms with Gasteiger partial charge in [0.1, 0.15) is 30.7 Å². The molecular weight excluding hydrogens is 366 g/mol. The number of hydrogen-bond acceptors (Lipinski definition) is 5. The Bertz CT molecular complexity index is 904. The van der Waals surface area contributed by atoms with Crippen molar-refractivity contribution in [2.24, 2.45) is 0 Å². The first-order valence-corrected chi connectivity index (χ1v) is 9.00. The third-order valence-corrected chi connectivity index (χ3v) is 4.17. The van der Waals surface area contributed by atoms with Crippen molar-refractivity contribution in [1.29, 1.82) is 0 Å². The zero-order chi connectivity index (χ0) is 18.5. The van der Waals surface area contributed by atoms with Crippen molar-refractivity contribution in [2.45, 2.75) is 12.7 Å². The van der Waals surface area contributed by atoms with Gasteiger partial charge in [-0.05, 0) is 17.7 Å². The zero-order valence-corrected chi connectivity index (χ0v) is 15.3. The highest BCUT2D eigenvalue weighted by Gasteiger charge is 2.21. The lowest BCUT2D eigenvalue weighted by atomic mass is 10.2. The Morgan fingerprint density at radius 1 is 0.963 bits per heavy atom. The van der Waals surface area contributed by atoms with Gasteiger partial charge >= 0.3 is 0 Å². The number of rotatable bonds is 6. The van der Waals surface area contributed by atoms with Crippen molar-refractivity contribution < 1.29 is 18.9 Å². The Kier molecular flexibility index (Phi) is 5.30. The standard InChI is InChI=1S/C21H18ClNO4/c22-20-10-16(24-12-15-6-2-1-3-7-15)11-21(23-20)26-14-17-13-25-18-8-4-5-9-19(18)27-17/h1-11,17H,12-14H2. The molecule has 1 unspecified atom stereocenters. The summed E-state index contributed by atoms with van der Waals surface area (Å²) in [7, 11) is 0. The van der Waals surface area contributed by atoms with Crippen LogP contribution in [-0.4, -0.2) is 24.3 Å². The Labute approximate surface area is 162 Å². The van der Waals surface area contributed by atoms with Gasteiger partial charge in [-0.2, -0.15) is 0 Å². The van der Waals surface area contributed by atoms with Crippen molar-refractivity contribution in [1.82, 2.24) is 4.98 Å². The number of benzene rings is 2. The normalized spacial score (nSPS) is 15.2. The van der Waals surface area contributed by atoms with Crippen LogP contribution in [0.2, 0.25) is 5.15 Å². The molecule has 5 nitrogen and oxygen atoms in total. The van der Waals surface area contributed by atoms with E-state index in [2.05, 4.69) is 4.98 Å². The van der Waals surface area contributed by atoms with Crippen LogP contribution in [0.25, 0.3) is 0 Å². The molecule has 2 aromatic carbocycles. The summed E-state index contributed by atoms with van der Waals surface area (Å²) >= 11 is 6.09. The van der Waals surface area contributed by atoms with Gasteiger partial charge in [-0.3, -0.25) is 0 Å². The van der Waals surface area contributed by atoms with Crippen LogP contribution in [0.5, 0.6) is 23.1 Å². The lowest BCUT2D eigenvalue weighted by molar-refractivity contribution is 0.0521. The molecule has 2 heterocycles. The first kappa shape index (κ1) is 17.5. The highest BCUT2D eigenvalue weighted by atomic mass is 35.5. The van der Waals surface area contributed by atoms with Crippen LogP contribution in [0.4, 0.5) is 0 Å². The molecule has 0 saturated carbocycles. The van der Waals surface area contributed by atoms with Gasteiger partial charge < -0.3 is 18.9 Å². The molecule has 0 N–H and O–H groups in total. The van der Waals surface area contributed by atoms with E-state index in [4.69, 9.17) is 30.5 Å². The molecule has 0 bridgehead atoms. The molecule has 27 heavy (non-hydrogen) atoms. The van der Waals surface area contributed by atoms with E-state index in [9.17, 15) is 0 Å².